The fourth-order valence-corrected chi connectivity index (χ4v) is 2.38. The van der Waals surface area contributed by atoms with Gasteiger partial charge in [-0.2, -0.15) is 0 Å². The lowest BCUT2D eigenvalue weighted by Crippen LogP contribution is -2.34. The number of likely N-dealkylation sites (tertiary alicyclic amines) is 1. The molecule has 0 bridgehead atoms. The molecule has 1 fully saturated rings. The van der Waals surface area contributed by atoms with Gasteiger partial charge in [0.25, 0.3) is 0 Å². The second kappa shape index (κ2) is 6.86. The molecule has 0 radical (unpaired) electrons. The van der Waals surface area contributed by atoms with Gasteiger partial charge in [-0.05, 0) is 38.3 Å². The molecule has 4 heteroatoms. The summed E-state index contributed by atoms with van der Waals surface area (Å²) in [4.78, 5) is 12.6. The summed E-state index contributed by atoms with van der Waals surface area (Å²) in [5.41, 5.74) is 0. The van der Waals surface area contributed by atoms with Gasteiger partial charge < -0.3 is 15.1 Å². The summed E-state index contributed by atoms with van der Waals surface area (Å²) in [5.74, 6) is -0.115. The Balaban J connectivity index is 2.29. The molecule has 0 saturated carbocycles. The Kier molecular flexibility index (Phi) is 5.77. The van der Waals surface area contributed by atoms with Gasteiger partial charge in [0.2, 0.25) is 0 Å². The molecular weight excluding hydrogens is 206 g/mol. The van der Waals surface area contributed by atoms with E-state index in [1.54, 1.807) is 0 Å². The van der Waals surface area contributed by atoms with Gasteiger partial charge in [-0.15, -0.1) is 0 Å². The predicted octanol–water partition coefficient (Wildman–Crippen LogP) is 1.33. The Morgan fingerprint density at radius 3 is 2.81 bits per heavy atom. The molecule has 1 saturated heterocycles. The summed E-state index contributed by atoms with van der Waals surface area (Å²) in [6.07, 6.45) is 3.96. The number of carbonyl (C=O) groups is 1. The van der Waals surface area contributed by atoms with Crippen molar-refractivity contribution in [3.63, 3.8) is 0 Å². The third-order valence-corrected chi connectivity index (χ3v) is 3.40. The first-order chi connectivity index (χ1) is 7.61. The van der Waals surface area contributed by atoms with Gasteiger partial charge in [0, 0.05) is 6.54 Å². The predicted molar refractivity (Wildman–Crippen MR) is 62.3 cm³/mol. The number of aliphatic carboxylic acids is 1. The van der Waals surface area contributed by atoms with Gasteiger partial charge >= 0.3 is 5.97 Å². The average Bonchev–Trinajstić information content (AvgIpc) is 2.41. The lowest BCUT2D eigenvalue weighted by Gasteiger charge is -2.22. The number of hydrogen-bond donors (Lipinski definition) is 2. The zero-order valence-electron chi connectivity index (χ0n) is 10.1. The monoisotopic (exact) mass is 229 g/mol. The van der Waals surface area contributed by atoms with Gasteiger partial charge in [0.05, 0.1) is 12.5 Å². The molecule has 1 aliphatic heterocycles. The van der Waals surface area contributed by atoms with Crippen molar-refractivity contribution in [3.8, 4) is 0 Å². The Morgan fingerprint density at radius 1 is 1.44 bits per heavy atom. The lowest BCUT2D eigenvalue weighted by molar-refractivity contribution is -0.139. The highest BCUT2D eigenvalue weighted by atomic mass is 16.4. The molecule has 4 nitrogen and oxygen atoms in total. The first kappa shape index (κ1) is 13.5. The van der Waals surface area contributed by atoms with Crippen molar-refractivity contribution in [3.05, 3.63) is 0 Å². The average molecular weight is 229 g/mol. The minimum absolute atomic E-state index is 0.145. The molecule has 0 aliphatic carbocycles. The number of carboxylic acids is 1. The van der Waals surface area contributed by atoms with Crippen molar-refractivity contribution in [2.45, 2.75) is 45.1 Å². The van der Waals surface area contributed by atoms with E-state index in [-0.39, 0.29) is 6.42 Å². The number of aliphatic hydroxyl groups is 1. The number of rotatable bonds is 5. The molecule has 0 aromatic heterocycles. The van der Waals surface area contributed by atoms with Crippen molar-refractivity contribution < 1.29 is 15.0 Å². The molecule has 0 aromatic rings. The van der Waals surface area contributed by atoms with Crippen LogP contribution in [0.2, 0.25) is 0 Å². The van der Waals surface area contributed by atoms with Gasteiger partial charge in [0.15, 0.2) is 0 Å². The summed E-state index contributed by atoms with van der Waals surface area (Å²) in [6, 6.07) is 0. The molecule has 0 spiro atoms. The highest BCUT2D eigenvalue weighted by Gasteiger charge is 2.19. The third kappa shape index (κ3) is 4.94. The quantitative estimate of drug-likeness (QED) is 0.746. The molecule has 16 heavy (non-hydrogen) atoms. The molecule has 94 valence electrons. The smallest absolute Gasteiger partial charge is 0.306 e. The van der Waals surface area contributed by atoms with E-state index in [1.165, 1.54) is 19.3 Å². The minimum atomic E-state index is -0.922. The summed E-state index contributed by atoms with van der Waals surface area (Å²) in [7, 11) is 0. The molecule has 0 aromatic carbocycles. The molecule has 1 heterocycles. The number of β-amino-alcohol motifs (C(OH)–C–C–N with tert-alkyl or cyclic N) is 1. The Hall–Kier alpha value is -0.610. The molecule has 1 rings (SSSR count). The number of carboxylic acid groups (broad SMARTS) is 1. The second-order valence-corrected chi connectivity index (χ2v) is 4.76. The van der Waals surface area contributed by atoms with Gasteiger partial charge in [-0.1, -0.05) is 13.3 Å². The summed E-state index contributed by atoms with van der Waals surface area (Å²) in [6.45, 7) is 4.71. The van der Waals surface area contributed by atoms with Crippen LogP contribution in [0.15, 0.2) is 0 Å². The van der Waals surface area contributed by atoms with E-state index in [1.807, 2.05) is 0 Å². The molecule has 1 aliphatic rings. The fourth-order valence-electron chi connectivity index (χ4n) is 2.38. The summed E-state index contributed by atoms with van der Waals surface area (Å²) >= 11 is 0. The molecule has 2 atom stereocenters. The van der Waals surface area contributed by atoms with E-state index in [9.17, 15) is 9.90 Å². The Bertz CT molecular complexity index is 220. The number of nitrogens with zero attached hydrogens (tertiary/aromatic N) is 1. The fraction of sp³-hybridized carbons (Fsp3) is 0.917. The van der Waals surface area contributed by atoms with E-state index in [4.69, 9.17) is 5.11 Å². The van der Waals surface area contributed by atoms with Crippen LogP contribution in [-0.2, 0) is 4.79 Å². The first-order valence-electron chi connectivity index (χ1n) is 6.24. The van der Waals surface area contributed by atoms with Crippen molar-refractivity contribution in [1.29, 1.82) is 0 Å². The SMILES string of the molecule is CCC1CCCN(CC(O)CC(=O)O)CC1. The molecule has 2 N–H and O–H groups in total. The van der Waals surface area contributed by atoms with Crippen LogP contribution >= 0.6 is 0 Å². The van der Waals surface area contributed by atoms with Gasteiger partial charge in [-0.25, -0.2) is 0 Å². The Morgan fingerprint density at radius 2 is 2.19 bits per heavy atom. The number of hydrogen-bond acceptors (Lipinski definition) is 3. The maximum Gasteiger partial charge on any atom is 0.306 e. The van der Waals surface area contributed by atoms with Crippen LogP contribution in [0.3, 0.4) is 0 Å². The molecule has 2 unspecified atom stereocenters. The summed E-state index contributed by atoms with van der Waals surface area (Å²) in [5, 5.41) is 18.1. The van der Waals surface area contributed by atoms with E-state index >= 15 is 0 Å². The van der Waals surface area contributed by atoms with Gasteiger partial charge in [0.1, 0.15) is 0 Å². The first-order valence-corrected chi connectivity index (χ1v) is 6.24. The molecular formula is C12H23NO3. The van der Waals surface area contributed by atoms with Crippen molar-refractivity contribution in [2.24, 2.45) is 5.92 Å². The van der Waals surface area contributed by atoms with Crippen molar-refractivity contribution in [1.82, 2.24) is 4.90 Å². The minimum Gasteiger partial charge on any atom is -0.481 e. The van der Waals surface area contributed by atoms with Crippen LogP contribution in [0.25, 0.3) is 0 Å². The van der Waals surface area contributed by atoms with Crippen LogP contribution in [0.4, 0.5) is 0 Å². The maximum atomic E-state index is 10.4. The van der Waals surface area contributed by atoms with Crippen LogP contribution in [-0.4, -0.2) is 46.8 Å². The standard InChI is InChI=1S/C12H23NO3/c1-2-10-4-3-6-13(7-5-10)9-11(14)8-12(15)16/h10-11,14H,2-9H2,1H3,(H,15,16). The van der Waals surface area contributed by atoms with E-state index in [2.05, 4.69) is 11.8 Å². The highest BCUT2D eigenvalue weighted by Crippen LogP contribution is 2.20. The second-order valence-electron chi connectivity index (χ2n) is 4.76. The van der Waals surface area contributed by atoms with E-state index < -0.39 is 12.1 Å². The largest absolute Gasteiger partial charge is 0.481 e. The van der Waals surface area contributed by atoms with E-state index in [0.717, 1.165) is 25.4 Å². The van der Waals surface area contributed by atoms with Crippen LogP contribution < -0.4 is 0 Å². The zero-order chi connectivity index (χ0) is 12.0. The third-order valence-electron chi connectivity index (χ3n) is 3.40. The van der Waals surface area contributed by atoms with Crippen LogP contribution in [0.1, 0.15) is 39.0 Å². The van der Waals surface area contributed by atoms with Crippen LogP contribution in [0.5, 0.6) is 0 Å². The maximum absolute atomic E-state index is 10.4. The van der Waals surface area contributed by atoms with Crippen molar-refractivity contribution >= 4 is 5.97 Å². The number of aliphatic hydroxyl groups excluding tert-OH is 1. The van der Waals surface area contributed by atoms with Crippen LogP contribution in [0, 0.1) is 5.92 Å². The van der Waals surface area contributed by atoms with Gasteiger partial charge in [-0.3, -0.25) is 4.79 Å². The van der Waals surface area contributed by atoms with E-state index in [0.29, 0.717) is 6.54 Å². The lowest BCUT2D eigenvalue weighted by atomic mass is 9.98. The topological polar surface area (TPSA) is 60.8 Å². The zero-order valence-corrected chi connectivity index (χ0v) is 10.1. The highest BCUT2D eigenvalue weighted by molar-refractivity contribution is 5.67. The summed E-state index contributed by atoms with van der Waals surface area (Å²) < 4.78 is 0. The Labute approximate surface area is 97.3 Å². The van der Waals surface area contributed by atoms with Crippen molar-refractivity contribution in [2.75, 3.05) is 19.6 Å². The molecule has 0 amide bonds. The normalized spacial score (nSPS) is 25.0.